The van der Waals surface area contributed by atoms with Crippen molar-refractivity contribution in [3.05, 3.63) is 29.8 Å². The van der Waals surface area contributed by atoms with Crippen molar-refractivity contribution < 1.29 is 9.90 Å². The normalized spacial score (nSPS) is 20.7. The number of rotatable bonds is 3. The predicted octanol–water partition coefficient (Wildman–Crippen LogP) is 1.81. The van der Waals surface area contributed by atoms with Gasteiger partial charge in [-0.2, -0.15) is 0 Å². The van der Waals surface area contributed by atoms with Crippen LogP contribution in [0, 0.1) is 0 Å². The topological polar surface area (TPSA) is 47.0 Å². The van der Waals surface area contributed by atoms with Gasteiger partial charge < -0.3 is 14.9 Å². The number of carbonyl (C=O) groups is 1. The van der Waals surface area contributed by atoms with Gasteiger partial charge in [-0.1, -0.05) is 0 Å². The molecule has 2 heterocycles. The van der Waals surface area contributed by atoms with Crippen molar-refractivity contribution in [2.24, 2.45) is 0 Å². The van der Waals surface area contributed by atoms with Gasteiger partial charge >= 0.3 is 0 Å². The third-order valence-electron chi connectivity index (χ3n) is 5.28. The summed E-state index contributed by atoms with van der Waals surface area (Å²) < 4.78 is 0. The number of nitrogens with zero attached hydrogens (tertiary/aromatic N) is 3. The predicted molar refractivity (Wildman–Crippen MR) is 96.5 cm³/mol. The molecule has 1 N–H and O–H groups in total. The average molecular weight is 331 g/mol. The van der Waals surface area contributed by atoms with Gasteiger partial charge in [0.15, 0.2) is 0 Å². The van der Waals surface area contributed by atoms with Crippen LogP contribution in [0.4, 0.5) is 5.69 Å². The van der Waals surface area contributed by atoms with E-state index in [4.69, 9.17) is 0 Å². The summed E-state index contributed by atoms with van der Waals surface area (Å²) in [6.45, 7) is 10.1. The summed E-state index contributed by atoms with van der Waals surface area (Å²) in [5, 5.41) is 9.57. The molecule has 0 saturated carbocycles. The van der Waals surface area contributed by atoms with Gasteiger partial charge in [0.05, 0.1) is 6.10 Å². The molecule has 5 nitrogen and oxygen atoms in total. The molecule has 0 bridgehead atoms. The molecule has 3 rings (SSSR count). The van der Waals surface area contributed by atoms with Gasteiger partial charge in [0.2, 0.25) is 0 Å². The van der Waals surface area contributed by atoms with Gasteiger partial charge in [-0.15, -0.1) is 0 Å². The van der Waals surface area contributed by atoms with Gasteiger partial charge in [-0.05, 0) is 51.0 Å². The molecule has 0 spiro atoms. The van der Waals surface area contributed by atoms with Crippen LogP contribution in [0.15, 0.2) is 24.3 Å². The Balaban J connectivity index is 1.58. The van der Waals surface area contributed by atoms with Crippen molar-refractivity contribution in [1.29, 1.82) is 0 Å². The highest BCUT2D eigenvalue weighted by Crippen LogP contribution is 2.20. The Hall–Kier alpha value is -1.59. The van der Waals surface area contributed by atoms with E-state index >= 15 is 0 Å². The fourth-order valence-electron chi connectivity index (χ4n) is 3.56. The molecular weight excluding hydrogens is 302 g/mol. The largest absolute Gasteiger partial charge is 0.393 e. The molecule has 0 atom stereocenters. The lowest BCUT2D eigenvalue weighted by Gasteiger charge is -2.38. The summed E-state index contributed by atoms with van der Waals surface area (Å²) in [7, 11) is 0. The summed E-state index contributed by atoms with van der Waals surface area (Å²) in [4.78, 5) is 19.3. The molecule has 2 saturated heterocycles. The molecule has 1 aromatic carbocycles. The minimum Gasteiger partial charge on any atom is -0.393 e. The highest BCUT2D eigenvalue weighted by atomic mass is 16.3. The van der Waals surface area contributed by atoms with Crippen LogP contribution in [0.2, 0.25) is 0 Å². The van der Waals surface area contributed by atoms with Gasteiger partial charge in [-0.25, -0.2) is 0 Å². The second-order valence-electron chi connectivity index (χ2n) is 7.19. The van der Waals surface area contributed by atoms with Crippen LogP contribution in [0.5, 0.6) is 0 Å². The Morgan fingerprint density at radius 2 is 1.58 bits per heavy atom. The minimum atomic E-state index is -0.249. The number of piperidine rings is 1. The molecule has 1 aromatic rings. The second-order valence-corrected chi connectivity index (χ2v) is 7.19. The number of anilines is 1. The third-order valence-corrected chi connectivity index (χ3v) is 5.28. The summed E-state index contributed by atoms with van der Waals surface area (Å²) >= 11 is 0. The highest BCUT2D eigenvalue weighted by molar-refractivity contribution is 5.94. The first-order chi connectivity index (χ1) is 11.5. The summed E-state index contributed by atoms with van der Waals surface area (Å²) in [6.07, 6.45) is 1.12. The molecule has 2 aliphatic heterocycles. The fraction of sp³-hybridized carbons (Fsp3) is 0.632. The maximum Gasteiger partial charge on any atom is 0.253 e. The number of amides is 1. The maximum absolute atomic E-state index is 12.5. The molecule has 0 unspecified atom stereocenters. The van der Waals surface area contributed by atoms with E-state index in [0.717, 1.165) is 31.7 Å². The second kappa shape index (κ2) is 7.53. The van der Waals surface area contributed by atoms with E-state index in [1.165, 1.54) is 5.69 Å². The number of likely N-dealkylation sites (tertiary alicyclic amines) is 1. The van der Waals surface area contributed by atoms with E-state index in [1.54, 1.807) is 0 Å². The molecule has 24 heavy (non-hydrogen) atoms. The zero-order valence-electron chi connectivity index (χ0n) is 14.8. The minimum absolute atomic E-state index is 0.0816. The van der Waals surface area contributed by atoms with Crippen LogP contribution < -0.4 is 4.90 Å². The molecule has 2 fully saturated rings. The number of piperazine rings is 1. The van der Waals surface area contributed by atoms with Crippen molar-refractivity contribution in [1.82, 2.24) is 9.80 Å². The molecule has 5 heteroatoms. The zero-order valence-corrected chi connectivity index (χ0v) is 14.8. The lowest BCUT2D eigenvalue weighted by atomic mass is 10.1. The van der Waals surface area contributed by atoms with Crippen molar-refractivity contribution >= 4 is 11.6 Å². The van der Waals surface area contributed by atoms with E-state index in [0.29, 0.717) is 32.0 Å². The smallest absolute Gasteiger partial charge is 0.253 e. The Morgan fingerprint density at radius 1 is 1.00 bits per heavy atom. The lowest BCUT2D eigenvalue weighted by Crippen LogP contribution is -2.48. The number of hydrogen-bond donors (Lipinski definition) is 1. The van der Waals surface area contributed by atoms with Crippen molar-refractivity contribution in [2.45, 2.75) is 38.8 Å². The maximum atomic E-state index is 12.5. The lowest BCUT2D eigenvalue weighted by molar-refractivity contribution is 0.0546. The van der Waals surface area contributed by atoms with Crippen LogP contribution in [0.3, 0.4) is 0 Å². The summed E-state index contributed by atoms with van der Waals surface area (Å²) in [6, 6.07) is 8.62. The highest BCUT2D eigenvalue weighted by Gasteiger charge is 2.23. The van der Waals surface area contributed by atoms with Gasteiger partial charge in [0, 0.05) is 56.6 Å². The van der Waals surface area contributed by atoms with Crippen LogP contribution in [0.1, 0.15) is 37.0 Å². The summed E-state index contributed by atoms with van der Waals surface area (Å²) in [5.74, 6) is 0.0816. The molecule has 0 aliphatic carbocycles. The van der Waals surface area contributed by atoms with E-state index in [9.17, 15) is 9.90 Å². The number of hydrogen-bond acceptors (Lipinski definition) is 4. The number of carbonyl (C=O) groups excluding carboxylic acids is 1. The first kappa shape index (κ1) is 17.2. The Morgan fingerprint density at radius 3 is 2.12 bits per heavy atom. The quantitative estimate of drug-likeness (QED) is 0.918. The van der Waals surface area contributed by atoms with Gasteiger partial charge in [0.1, 0.15) is 0 Å². The Bertz CT molecular complexity index is 542. The fourth-order valence-corrected chi connectivity index (χ4v) is 3.56. The Labute approximate surface area is 144 Å². The first-order valence-electron chi connectivity index (χ1n) is 9.11. The first-order valence-corrected chi connectivity index (χ1v) is 9.11. The van der Waals surface area contributed by atoms with Crippen molar-refractivity contribution in [3.8, 4) is 0 Å². The average Bonchev–Trinajstić information content (AvgIpc) is 2.62. The standard InChI is InChI=1S/C19H29N3O2/c1-15(2)20-11-13-21(14-12-20)17-5-3-16(4-6-17)19(24)22-9-7-18(23)8-10-22/h3-6,15,18,23H,7-14H2,1-2H3. The zero-order chi connectivity index (χ0) is 17.1. The van der Waals surface area contributed by atoms with Gasteiger partial charge in [-0.3, -0.25) is 9.69 Å². The third kappa shape index (κ3) is 3.90. The van der Waals surface area contributed by atoms with Crippen LogP contribution in [0.25, 0.3) is 0 Å². The van der Waals surface area contributed by atoms with E-state index in [1.807, 2.05) is 17.0 Å². The van der Waals surface area contributed by atoms with Crippen molar-refractivity contribution in [2.75, 3.05) is 44.2 Å². The van der Waals surface area contributed by atoms with Crippen LogP contribution in [-0.4, -0.2) is 72.2 Å². The van der Waals surface area contributed by atoms with Crippen molar-refractivity contribution in [3.63, 3.8) is 0 Å². The summed E-state index contributed by atoms with van der Waals surface area (Å²) in [5.41, 5.74) is 1.94. The molecule has 0 radical (unpaired) electrons. The molecule has 1 amide bonds. The van der Waals surface area contributed by atoms with E-state index in [-0.39, 0.29) is 12.0 Å². The molecule has 2 aliphatic rings. The monoisotopic (exact) mass is 331 g/mol. The number of aliphatic hydroxyl groups excluding tert-OH is 1. The Kier molecular flexibility index (Phi) is 5.41. The number of aliphatic hydroxyl groups is 1. The SMILES string of the molecule is CC(C)N1CCN(c2ccc(C(=O)N3CCC(O)CC3)cc2)CC1. The van der Waals surface area contributed by atoms with Crippen LogP contribution in [-0.2, 0) is 0 Å². The molecule has 0 aromatic heterocycles. The molecular formula is C19H29N3O2. The molecule has 132 valence electrons. The van der Waals surface area contributed by atoms with E-state index in [2.05, 4.69) is 35.8 Å². The van der Waals surface area contributed by atoms with Crippen LogP contribution >= 0.6 is 0 Å². The number of benzene rings is 1. The van der Waals surface area contributed by atoms with Gasteiger partial charge in [0.25, 0.3) is 5.91 Å². The van der Waals surface area contributed by atoms with E-state index < -0.39 is 0 Å².